The SMILES string of the molecule is CCCCOc1ccc(C(=O)NCC(c2ccc(OC)cc2)N2CCCC2)cc1OC. The third kappa shape index (κ3) is 6.14. The summed E-state index contributed by atoms with van der Waals surface area (Å²) in [6.07, 6.45) is 4.43. The molecule has 1 saturated heterocycles. The number of likely N-dealkylation sites (tertiary alicyclic amines) is 1. The number of ether oxygens (including phenoxy) is 3. The van der Waals surface area contributed by atoms with Gasteiger partial charge in [0.05, 0.1) is 26.9 Å². The summed E-state index contributed by atoms with van der Waals surface area (Å²) in [5.41, 5.74) is 1.75. The van der Waals surface area contributed by atoms with Gasteiger partial charge in [0.2, 0.25) is 0 Å². The molecule has 31 heavy (non-hydrogen) atoms. The number of nitrogens with zero attached hydrogens (tertiary/aromatic N) is 1. The highest BCUT2D eigenvalue weighted by Crippen LogP contribution is 2.29. The van der Waals surface area contributed by atoms with Crippen LogP contribution in [0.5, 0.6) is 17.2 Å². The van der Waals surface area contributed by atoms with Gasteiger partial charge in [-0.15, -0.1) is 0 Å². The first-order valence-corrected chi connectivity index (χ1v) is 11.1. The van der Waals surface area contributed by atoms with Crippen LogP contribution in [0, 0.1) is 0 Å². The van der Waals surface area contributed by atoms with Gasteiger partial charge in [0, 0.05) is 12.1 Å². The van der Waals surface area contributed by atoms with E-state index < -0.39 is 0 Å². The largest absolute Gasteiger partial charge is 0.497 e. The summed E-state index contributed by atoms with van der Waals surface area (Å²) in [5, 5.41) is 3.12. The molecule has 0 bridgehead atoms. The summed E-state index contributed by atoms with van der Waals surface area (Å²) in [4.78, 5) is 15.3. The molecule has 0 aromatic heterocycles. The van der Waals surface area contributed by atoms with Gasteiger partial charge in [0.1, 0.15) is 5.75 Å². The van der Waals surface area contributed by atoms with E-state index in [2.05, 4.69) is 29.3 Å². The molecule has 1 fully saturated rings. The van der Waals surface area contributed by atoms with Gasteiger partial charge >= 0.3 is 0 Å². The number of amides is 1. The molecule has 6 heteroatoms. The zero-order chi connectivity index (χ0) is 22.1. The number of methoxy groups -OCH3 is 2. The van der Waals surface area contributed by atoms with Crippen LogP contribution in [-0.2, 0) is 0 Å². The maximum absolute atomic E-state index is 12.9. The lowest BCUT2D eigenvalue weighted by molar-refractivity contribution is 0.0937. The fourth-order valence-electron chi connectivity index (χ4n) is 3.88. The van der Waals surface area contributed by atoms with Gasteiger partial charge in [-0.2, -0.15) is 0 Å². The van der Waals surface area contributed by atoms with Crippen molar-refractivity contribution in [2.45, 2.75) is 38.6 Å². The van der Waals surface area contributed by atoms with Crippen LogP contribution >= 0.6 is 0 Å². The Balaban J connectivity index is 1.68. The molecule has 1 aliphatic rings. The van der Waals surface area contributed by atoms with E-state index in [4.69, 9.17) is 14.2 Å². The Morgan fingerprint density at radius 1 is 1.03 bits per heavy atom. The van der Waals surface area contributed by atoms with E-state index in [1.54, 1.807) is 26.4 Å². The molecule has 0 spiro atoms. The number of carbonyl (C=O) groups is 1. The van der Waals surface area contributed by atoms with E-state index in [9.17, 15) is 4.79 Å². The third-order valence-electron chi connectivity index (χ3n) is 5.72. The molecule has 0 aliphatic carbocycles. The molecule has 2 aromatic carbocycles. The van der Waals surface area contributed by atoms with Crippen LogP contribution < -0.4 is 19.5 Å². The summed E-state index contributed by atoms with van der Waals surface area (Å²) in [6, 6.07) is 13.6. The Morgan fingerprint density at radius 3 is 2.42 bits per heavy atom. The van der Waals surface area contributed by atoms with Crippen LogP contribution in [0.2, 0.25) is 0 Å². The van der Waals surface area contributed by atoms with Crippen molar-refractivity contribution in [2.24, 2.45) is 0 Å². The van der Waals surface area contributed by atoms with E-state index in [-0.39, 0.29) is 11.9 Å². The van der Waals surface area contributed by atoms with Crippen molar-refractivity contribution < 1.29 is 19.0 Å². The van der Waals surface area contributed by atoms with Gasteiger partial charge in [-0.05, 0) is 68.2 Å². The minimum absolute atomic E-state index is 0.115. The lowest BCUT2D eigenvalue weighted by Crippen LogP contribution is -2.36. The minimum Gasteiger partial charge on any atom is -0.497 e. The van der Waals surface area contributed by atoms with Crippen molar-refractivity contribution in [3.05, 3.63) is 53.6 Å². The zero-order valence-corrected chi connectivity index (χ0v) is 18.9. The second-order valence-corrected chi connectivity index (χ2v) is 7.81. The minimum atomic E-state index is -0.115. The summed E-state index contributed by atoms with van der Waals surface area (Å²) in [5.74, 6) is 1.97. The predicted molar refractivity (Wildman–Crippen MR) is 122 cm³/mol. The number of carbonyl (C=O) groups excluding carboxylic acids is 1. The number of rotatable bonds is 11. The van der Waals surface area contributed by atoms with Crippen molar-refractivity contribution in [3.8, 4) is 17.2 Å². The maximum Gasteiger partial charge on any atom is 0.251 e. The molecule has 3 rings (SSSR count). The second kappa shape index (κ2) is 11.6. The first kappa shape index (κ1) is 22.9. The number of unbranched alkanes of at least 4 members (excludes halogenated alkanes) is 1. The van der Waals surface area contributed by atoms with Crippen LogP contribution in [0.15, 0.2) is 42.5 Å². The summed E-state index contributed by atoms with van der Waals surface area (Å²) >= 11 is 0. The number of nitrogens with one attached hydrogen (secondary N) is 1. The molecule has 1 heterocycles. The van der Waals surface area contributed by atoms with Gasteiger partial charge in [-0.25, -0.2) is 0 Å². The van der Waals surface area contributed by atoms with E-state index >= 15 is 0 Å². The Labute approximate surface area is 185 Å². The van der Waals surface area contributed by atoms with Crippen molar-refractivity contribution in [1.29, 1.82) is 0 Å². The highest BCUT2D eigenvalue weighted by atomic mass is 16.5. The number of hydrogen-bond donors (Lipinski definition) is 1. The smallest absolute Gasteiger partial charge is 0.251 e. The molecule has 0 radical (unpaired) electrons. The molecule has 0 saturated carbocycles. The van der Waals surface area contributed by atoms with E-state index in [0.717, 1.165) is 31.7 Å². The topological polar surface area (TPSA) is 60.0 Å². The van der Waals surface area contributed by atoms with Crippen molar-refractivity contribution >= 4 is 5.91 Å². The van der Waals surface area contributed by atoms with E-state index in [1.807, 2.05) is 18.2 Å². The van der Waals surface area contributed by atoms with E-state index in [1.165, 1.54) is 18.4 Å². The standard InChI is InChI=1S/C25H34N2O4/c1-4-5-16-31-23-13-10-20(17-24(23)30-3)25(28)26-18-22(27-14-6-7-15-27)19-8-11-21(29-2)12-9-19/h8-13,17,22H,4-7,14-16,18H2,1-3H3,(H,26,28). The van der Waals surface area contributed by atoms with Crippen molar-refractivity contribution in [3.63, 3.8) is 0 Å². The molecule has 1 amide bonds. The summed E-state index contributed by atoms with van der Waals surface area (Å²) in [7, 11) is 3.26. The Bertz CT molecular complexity index is 832. The summed E-state index contributed by atoms with van der Waals surface area (Å²) < 4.78 is 16.5. The third-order valence-corrected chi connectivity index (χ3v) is 5.72. The van der Waals surface area contributed by atoms with Crippen LogP contribution in [0.25, 0.3) is 0 Å². The van der Waals surface area contributed by atoms with Gasteiger partial charge in [0.15, 0.2) is 11.5 Å². The molecular weight excluding hydrogens is 392 g/mol. The molecule has 168 valence electrons. The molecule has 1 aliphatic heterocycles. The monoisotopic (exact) mass is 426 g/mol. The maximum atomic E-state index is 12.9. The molecule has 1 unspecified atom stereocenters. The Kier molecular flexibility index (Phi) is 8.59. The zero-order valence-electron chi connectivity index (χ0n) is 18.9. The normalized spacial score (nSPS) is 14.8. The van der Waals surface area contributed by atoms with E-state index in [0.29, 0.717) is 30.2 Å². The lowest BCUT2D eigenvalue weighted by atomic mass is 10.0. The molecule has 1 atom stereocenters. The molecular formula is C25H34N2O4. The van der Waals surface area contributed by atoms with Gasteiger partial charge in [-0.3, -0.25) is 9.69 Å². The molecule has 2 aromatic rings. The van der Waals surface area contributed by atoms with Crippen molar-refractivity contribution in [1.82, 2.24) is 10.2 Å². The quantitative estimate of drug-likeness (QED) is 0.538. The first-order valence-electron chi connectivity index (χ1n) is 11.1. The molecule has 6 nitrogen and oxygen atoms in total. The lowest BCUT2D eigenvalue weighted by Gasteiger charge is -2.28. The number of benzene rings is 2. The van der Waals surface area contributed by atoms with Gasteiger partial charge in [0.25, 0.3) is 5.91 Å². The van der Waals surface area contributed by atoms with Crippen LogP contribution in [0.1, 0.15) is 54.6 Å². The van der Waals surface area contributed by atoms with Gasteiger partial charge < -0.3 is 19.5 Å². The second-order valence-electron chi connectivity index (χ2n) is 7.81. The summed E-state index contributed by atoms with van der Waals surface area (Å²) in [6.45, 7) is 5.39. The number of hydrogen-bond acceptors (Lipinski definition) is 5. The Morgan fingerprint density at radius 2 is 1.77 bits per heavy atom. The fourth-order valence-corrected chi connectivity index (χ4v) is 3.88. The average Bonchev–Trinajstić information content (AvgIpc) is 3.34. The average molecular weight is 427 g/mol. The Hall–Kier alpha value is -2.73. The highest BCUT2D eigenvalue weighted by molar-refractivity contribution is 5.94. The first-order chi connectivity index (χ1) is 15.2. The van der Waals surface area contributed by atoms with Crippen molar-refractivity contribution in [2.75, 3.05) is 40.5 Å². The van der Waals surface area contributed by atoms with Crippen LogP contribution in [0.3, 0.4) is 0 Å². The van der Waals surface area contributed by atoms with Gasteiger partial charge in [-0.1, -0.05) is 25.5 Å². The fraction of sp³-hybridized carbons (Fsp3) is 0.480. The van der Waals surface area contributed by atoms with Crippen LogP contribution in [0.4, 0.5) is 0 Å². The van der Waals surface area contributed by atoms with Crippen LogP contribution in [-0.4, -0.2) is 51.3 Å². The predicted octanol–water partition coefficient (Wildman–Crippen LogP) is 4.45. The highest BCUT2D eigenvalue weighted by Gasteiger charge is 2.24. The molecule has 1 N–H and O–H groups in total.